The van der Waals surface area contributed by atoms with Crippen LogP contribution < -0.4 is 9.47 Å². The van der Waals surface area contributed by atoms with Gasteiger partial charge in [-0.15, -0.1) is 0 Å². The van der Waals surface area contributed by atoms with E-state index >= 15 is 0 Å². The maximum Gasteiger partial charge on any atom is 0.363 e. The molecule has 0 aliphatic carbocycles. The number of hydrogen-bond donors (Lipinski definition) is 0. The number of nitrogens with zero attached hydrogens (tertiary/aromatic N) is 2. The fourth-order valence-corrected chi connectivity index (χ4v) is 4.26. The van der Waals surface area contributed by atoms with Crippen molar-refractivity contribution in [3.8, 4) is 11.5 Å². The van der Waals surface area contributed by atoms with Crippen LogP contribution in [-0.4, -0.2) is 23.9 Å². The first-order valence-electron chi connectivity index (χ1n) is 9.86. The molecule has 0 unspecified atom stereocenters. The summed E-state index contributed by atoms with van der Waals surface area (Å²) in [6, 6.07) is 17.3. The molecule has 0 fully saturated rings. The fraction of sp³-hybridized carbons (Fsp3) is 0.0833. The Bertz CT molecular complexity index is 1320. The van der Waals surface area contributed by atoms with Crippen LogP contribution in [0.2, 0.25) is 0 Å². The number of ether oxygens (including phenoxy) is 3. The summed E-state index contributed by atoms with van der Waals surface area (Å²) in [7, 11) is 1.55. The number of hydrogen-bond acceptors (Lipinski definition) is 7. The number of carbonyl (C=O) groups excluding carboxylic acids is 1. The lowest BCUT2D eigenvalue weighted by molar-refractivity contribution is -0.384. The van der Waals surface area contributed by atoms with Crippen molar-refractivity contribution in [1.82, 2.24) is 0 Å². The van der Waals surface area contributed by atoms with Crippen molar-refractivity contribution in [2.45, 2.75) is 6.61 Å². The molecular weight excluding hydrogens is 666 g/mol. The minimum atomic E-state index is -0.610. The van der Waals surface area contributed by atoms with Gasteiger partial charge in [-0.2, -0.15) is 0 Å². The number of nitro benzene ring substituents is 1. The lowest BCUT2D eigenvalue weighted by atomic mass is 10.1. The molecule has 1 aliphatic heterocycles. The normalized spacial score (nSPS) is 14.0. The molecule has 0 atom stereocenters. The van der Waals surface area contributed by atoms with Crippen molar-refractivity contribution in [3.05, 3.63) is 100 Å². The number of methoxy groups -OCH3 is 1. The Labute approximate surface area is 222 Å². The Hall–Kier alpha value is -3.00. The molecule has 3 aromatic carbocycles. The Morgan fingerprint density at radius 1 is 1.09 bits per heavy atom. The molecule has 172 valence electrons. The molecule has 0 saturated carbocycles. The van der Waals surface area contributed by atoms with Crippen molar-refractivity contribution in [2.75, 3.05) is 7.11 Å². The van der Waals surface area contributed by atoms with E-state index in [2.05, 4.69) is 50.2 Å². The van der Waals surface area contributed by atoms with Gasteiger partial charge in [0.1, 0.15) is 6.61 Å². The second-order valence-corrected chi connectivity index (χ2v) is 9.50. The van der Waals surface area contributed by atoms with Crippen molar-refractivity contribution in [2.24, 2.45) is 4.99 Å². The number of esters is 1. The quantitative estimate of drug-likeness (QED) is 0.104. The van der Waals surface area contributed by atoms with E-state index in [1.807, 2.05) is 30.3 Å². The molecule has 4 rings (SSSR count). The van der Waals surface area contributed by atoms with Crippen molar-refractivity contribution in [3.63, 3.8) is 0 Å². The summed E-state index contributed by atoms with van der Waals surface area (Å²) in [4.78, 5) is 26.9. The minimum Gasteiger partial charge on any atom is -0.493 e. The summed E-state index contributed by atoms with van der Waals surface area (Å²) in [5.74, 6) is 0.606. The fourth-order valence-electron chi connectivity index (χ4n) is 3.12. The highest BCUT2D eigenvalue weighted by Crippen LogP contribution is 2.35. The summed E-state index contributed by atoms with van der Waals surface area (Å²) in [5.41, 5.74) is 2.23. The van der Waals surface area contributed by atoms with E-state index in [-0.39, 0.29) is 17.3 Å². The molecule has 34 heavy (non-hydrogen) atoms. The highest BCUT2D eigenvalue weighted by molar-refractivity contribution is 14.1. The van der Waals surface area contributed by atoms with Gasteiger partial charge in [0, 0.05) is 21.3 Å². The number of non-ortho nitro benzene ring substituents is 1. The second kappa shape index (κ2) is 10.5. The molecule has 0 spiro atoms. The molecule has 0 N–H and O–H groups in total. The third-order valence-corrected chi connectivity index (χ3v) is 6.32. The Morgan fingerprint density at radius 3 is 2.44 bits per heavy atom. The van der Waals surface area contributed by atoms with Crippen LogP contribution in [0.15, 0.2) is 71.4 Å². The Balaban J connectivity index is 1.57. The smallest absolute Gasteiger partial charge is 0.363 e. The zero-order valence-electron chi connectivity index (χ0n) is 17.7. The van der Waals surface area contributed by atoms with Crippen LogP contribution in [-0.2, 0) is 16.1 Å². The van der Waals surface area contributed by atoms with Gasteiger partial charge in [0.2, 0.25) is 5.90 Å². The standard InChI is InChI=1S/C24H16I2N2O6/c1-32-21-12-15(10-19(26)22(21)33-13-14-2-6-17(25)7-3-14)11-20-24(29)34-23(27-20)16-4-8-18(9-5-16)28(30)31/h2-12H,13H2,1H3/b20-11-. The number of nitro groups is 1. The molecule has 10 heteroatoms. The zero-order valence-corrected chi connectivity index (χ0v) is 22.0. The van der Waals surface area contributed by atoms with Crippen molar-refractivity contribution >= 4 is 68.8 Å². The maximum atomic E-state index is 12.4. The predicted octanol–water partition coefficient (Wildman–Crippen LogP) is 5.74. The van der Waals surface area contributed by atoms with Gasteiger partial charge in [-0.1, -0.05) is 12.1 Å². The van der Waals surface area contributed by atoms with Gasteiger partial charge in [-0.3, -0.25) is 10.1 Å². The number of aliphatic imine (C=N–C) groups is 1. The van der Waals surface area contributed by atoms with Gasteiger partial charge in [-0.25, -0.2) is 9.79 Å². The summed E-state index contributed by atoms with van der Waals surface area (Å²) < 4.78 is 18.7. The molecule has 0 aromatic heterocycles. The van der Waals surface area contributed by atoms with Crippen LogP contribution in [0.5, 0.6) is 11.5 Å². The van der Waals surface area contributed by atoms with E-state index in [0.717, 1.165) is 12.7 Å². The number of rotatable bonds is 7. The van der Waals surface area contributed by atoms with Crippen LogP contribution in [0, 0.1) is 17.3 Å². The summed E-state index contributed by atoms with van der Waals surface area (Å²) in [6.07, 6.45) is 1.59. The van der Waals surface area contributed by atoms with E-state index in [1.54, 1.807) is 19.3 Å². The molecule has 0 amide bonds. The van der Waals surface area contributed by atoms with Gasteiger partial charge in [-0.05, 0) is 98.8 Å². The average Bonchev–Trinajstić information content (AvgIpc) is 3.19. The minimum absolute atomic E-state index is 0.0598. The number of carbonyl (C=O) groups is 1. The van der Waals surface area contributed by atoms with Crippen molar-refractivity contribution < 1.29 is 23.9 Å². The van der Waals surface area contributed by atoms with Gasteiger partial charge < -0.3 is 14.2 Å². The molecule has 1 aliphatic rings. The molecule has 1 heterocycles. The lowest BCUT2D eigenvalue weighted by Gasteiger charge is -2.14. The zero-order chi connectivity index (χ0) is 24.2. The second-order valence-electron chi connectivity index (χ2n) is 7.09. The number of halogens is 2. The molecule has 3 aromatic rings. The first kappa shape index (κ1) is 24.1. The summed E-state index contributed by atoms with van der Waals surface area (Å²) in [5, 5.41) is 10.8. The maximum absolute atomic E-state index is 12.4. The first-order chi connectivity index (χ1) is 16.3. The highest BCUT2D eigenvalue weighted by atomic mass is 127. The van der Waals surface area contributed by atoms with E-state index in [4.69, 9.17) is 14.2 Å². The van der Waals surface area contributed by atoms with E-state index in [1.165, 1.54) is 24.3 Å². The largest absolute Gasteiger partial charge is 0.493 e. The van der Waals surface area contributed by atoms with E-state index in [0.29, 0.717) is 29.2 Å². The first-order valence-corrected chi connectivity index (χ1v) is 12.0. The number of benzene rings is 3. The van der Waals surface area contributed by atoms with Gasteiger partial charge in [0.05, 0.1) is 15.6 Å². The third kappa shape index (κ3) is 5.55. The van der Waals surface area contributed by atoms with Crippen LogP contribution in [0.4, 0.5) is 5.69 Å². The van der Waals surface area contributed by atoms with Gasteiger partial charge >= 0.3 is 5.97 Å². The lowest BCUT2D eigenvalue weighted by Crippen LogP contribution is -2.05. The van der Waals surface area contributed by atoms with Crippen LogP contribution >= 0.6 is 45.2 Å². The van der Waals surface area contributed by atoms with E-state index in [9.17, 15) is 14.9 Å². The van der Waals surface area contributed by atoms with E-state index < -0.39 is 10.9 Å². The molecular formula is C24H16I2N2O6. The van der Waals surface area contributed by atoms with Gasteiger partial charge in [0.15, 0.2) is 17.2 Å². The predicted molar refractivity (Wildman–Crippen MR) is 143 cm³/mol. The third-order valence-electron chi connectivity index (χ3n) is 4.80. The summed E-state index contributed by atoms with van der Waals surface area (Å²) in [6.45, 7) is 0.388. The summed E-state index contributed by atoms with van der Waals surface area (Å²) >= 11 is 4.41. The Morgan fingerprint density at radius 2 is 1.79 bits per heavy atom. The van der Waals surface area contributed by atoms with Crippen LogP contribution in [0.3, 0.4) is 0 Å². The number of cyclic esters (lactones) is 1. The molecule has 8 nitrogen and oxygen atoms in total. The monoisotopic (exact) mass is 682 g/mol. The van der Waals surface area contributed by atoms with Gasteiger partial charge in [0.25, 0.3) is 5.69 Å². The Kier molecular flexibility index (Phi) is 7.46. The van der Waals surface area contributed by atoms with Crippen LogP contribution in [0.1, 0.15) is 16.7 Å². The highest BCUT2D eigenvalue weighted by Gasteiger charge is 2.25. The SMILES string of the molecule is COc1cc(/C=C2\N=C(c3ccc([N+](=O)[O-])cc3)OC2=O)cc(I)c1OCc1ccc(I)cc1. The van der Waals surface area contributed by atoms with Crippen molar-refractivity contribution in [1.29, 1.82) is 0 Å². The molecule has 0 bridgehead atoms. The molecule has 0 saturated heterocycles. The topological polar surface area (TPSA) is 100 Å². The molecule has 0 radical (unpaired) electrons. The average molecular weight is 682 g/mol. The van der Waals surface area contributed by atoms with Crippen LogP contribution in [0.25, 0.3) is 6.08 Å².